The molecular formula is C18H18FN5O2. The van der Waals surface area contributed by atoms with Crippen molar-refractivity contribution in [2.24, 2.45) is 0 Å². The van der Waals surface area contributed by atoms with Crippen molar-refractivity contribution in [3.63, 3.8) is 0 Å². The number of carbonyl (C=O) groups is 1. The summed E-state index contributed by atoms with van der Waals surface area (Å²) in [4.78, 5) is 15.2. The van der Waals surface area contributed by atoms with Crippen LogP contribution in [0.4, 0.5) is 4.39 Å². The maximum atomic E-state index is 13.0. The van der Waals surface area contributed by atoms with E-state index in [-0.39, 0.29) is 18.3 Å². The molecule has 0 saturated heterocycles. The number of aromatic nitrogens is 4. The van der Waals surface area contributed by atoms with Crippen LogP contribution in [0.1, 0.15) is 5.56 Å². The molecule has 1 heterocycles. The van der Waals surface area contributed by atoms with Gasteiger partial charge in [-0.25, -0.2) is 4.39 Å². The van der Waals surface area contributed by atoms with E-state index in [1.54, 1.807) is 31.2 Å². The van der Waals surface area contributed by atoms with Gasteiger partial charge in [0.15, 0.2) is 0 Å². The molecule has 0 saturated carbocycles. The number of methoxy groups -OCH3 is 1. The zero-order valence-electron chi connectivity index (χ0n) is 14.5. The number of carbonyl (C=O) groups excluding carboxylic acids is 1. The molecule has 1 amide bonds. The van der Waals surface area contributed by atoms with Crippen LogP contribution in [-0.4, -0.2) is 45.2 Å². The molecule has 0 spiro atoms. The molecule has 7 nitrogen and oxygen atoms in total. The Morgan fingerprint density at radius 2 is 2.00 bits per heavy atom. The number of ether oxygens (including phenoxy) is 1. The number of rotatable bonds is 6. The second-order valence-electron chi connectivity index (χ2n) is 5.75. The summed E-state index contributed by atoms with van der Waals surface area (Å²) in [6.07, 6.45) is 0. The molecule has 3 aromatic rings. The van der Waals surface area contributed by atoms with Crippen LogP contribution >= 0.6 is 0 Å². The lowest BCUT2D eigenvalue weighted by atomic mass is 10.2. The van der Waals surface area contributed by atoms with Gasteiger partial charge in [0.1, 0.15) is 18.1 Å². The van der Waals surface area contributed by atoms with Crippen LogP contribution < -0.4 is 4.74 Å². The smallest absolute Gasteiger partial charge is 0.246 e. The van der Waals surface area contributed by atoms with Crippen molar-refractivity contribution in [3.05, 3.63) is 59.9 Å². The average Bonchev–Trinajstić information content (AvgIpc) is 3.11. The van der Waals surface area contributed by atoms with E-state index in [1.165, 1.54) is 16.9 Å². The highest BCUT2D eigenvalue weighted by atomic mass is 19.1. The van der Waals surface area contributed by atoms with Gasteiger partial charge in [-0.05, 0) is 47.2 Å². The second kappa shape index (κ2) is 7.73. The van der Waals surface area contributed by atoms with Crippen molar-refractivity contribution in [3.8, 4) is 17.1 Å². The number of benzene rings is 2. The maximum absolute atomic E-state index is 13.0. The standard InChI is InChI=1S/C18H18FN5O2/c1-23(11-13-4-3-5-16(10-13)26-2)17(25)12-24-21-18(20-22-24)14-6-8-15(19)9-7-14/h3-10H,11-12H2,1-2H3. The van der Waals surface area contributed by atoms with Crippen molar-refractivity contribution in [2.45, 2.75) is 13.1 Å². The van der Waals surface area contributed by atoms with E-state index < -0.39 is 0 Å². The van der Waals surface area contributed by atoms with E-state index in [9.17, 15) is 9.18 Å². The number of halogens is 1. The van der Waals surface area contributed by atoms with E-state index >= 15 is 0 Å². The molecule has 0 radical (unpaired) electrons. The minimum atomic E-state index is -0.338. The Kier molecular flexibility index (Phi) is 5.21. The highest BCUT2D eigenvalue weighted by Gasteiger charge is 2.13. The third-order valence-electron chi connectivity index (χ3n) is 3.81. The predicted octanol–water partition coefficient (Wildman–Crippen LogP) is 2.15. The van der Waals surface area contributed by atoms with Gasteiger partial charge in [0, 0.05) is 19.2 Å². The van der Waals surface area contributed by atoms with Crippen molar-refractivity contribution >= 4 is 5.91 Å². The molecule has 2 aromatic carbocycles. The number of tetrazole rings is 1. The number of amides is 1. The van der Waals surface area contributed by atoms with Gasteiger partial charge in [-0.2, -0.15) is 4.80 Å². The number of hydrogen-bond donors (Lipinski definition) is 0. The van der Waals surface area contributed by atoms with Gasteiger partial charge >= 0.3 is 0 Å². The monoisotopic (exact) mass is 355 g/mol. The first-order valence-electron chi connectivity index (χ1n) is 7.96. The van der Waals surface area contributed by atoms with Gasteiger partial charge in [-0.15, -0.1) is 10.2 Å². The summed E-state index contributed by atoms with van der Waals surface area (Å²) in [6, 6.07) is 13.3. The third kappa shape index (κ3) is 4.21. The first kappa shape index (κ1) is 17.5. The summed E-state index contributed by atoms with van der Waals surface area (Å²) in [7, 11) is 3.31. The largest absolute Gasteiger partial charge is 0.497 e. The van der Waals surface area contributed by atoms with Gasteiger partial charge in [-0.3, -0.25) is 4.79 Å². The topological polar surface area (TPSA) is 73.1 Å². The first-order chi connectivity index (χ1) is 12.5. The Morgan fingerprint density at radius 3 is 2.73 bits per heavy atom. The van der Waals surface area contributed by atoms with Crippen LogP contribution in [0, 0.1) is 5.82 Å². The second-order valence-corrected chi connectivity index (χ2v) is 5.75. The van der Waals surface area contributed by atoms with Gasteiger partial charge in [-0.1, -0.05) is 12.1 Å². The fraction of sp³-hybridized carbons (Fsp3) is 0.222. The molecule has 0 N–H and O–H groups in total. The summed E-state index contributed by atoms with van der Waals surface area (Å²) < 4.78 is 18.2. The summed E-state index contributed by atoms with van der Waals surface area (Å²) in [5, 5.41) is 12.0. The minimum Gasteiger partial charge on any atom is -0.497 e. The van der Waals surface area contributed by atoms with Crippen LogP contribution in [0.15, 0.2) is 48.5 Å². The molecule has 0 aliphatic rings. The molecular weight excluding hydrogens is 337 g/mol. The van der Waals surface area contributed by atoms with Gasteiger partial charge < -0.3 is 9.64 Å². The van der Waals surface area contributed by atoms with Crippen molar-refractivity contribution in [1.82, 2.24) is 25.1 Å². The zero-order chi connectivity index (χ0) is 18.5. The molecule has 0 aliphatic carbocycles. The normalized spacial score (nSPS) is 10.6. The summed E-state index contributed by atoms with van der Waals surface area (Å²) in [6.45, 7) is 0.407. The van der Waals surface area contributed by atoms with Crippen molar-refractivity contribution in [1.29, 1.82) is 0 Å². The van der Waals surface area contributed by atoms with Crippen LogP contribution in [0.5, 0.6) is 5.75 Å². The van der Waals surface area contributed by atoms with Crippen molar-refractivity contribution in [2.75, 3.05) is 14.2 Å². The van der Waals surface area contributed by atoms with E-state index in [2.05, 4.69) is 15.4 Å². The lowest BCUT2D eigenvalue weighted by Crippen LogP contribution is -2.30. The van der Waals surface area contributed by atoms with Gasteiger partial charge in [0.2, 0.25) is 11.7 Å². The van der Waals surface area contributed by atoms with E-state index in [1.807, 2.05) is 24.3 Å². The van der Waals surface area contributed by atoms with Crippen LogP contribution in [0.3, 0.4) is 0 Å². The summed E-state index contributed by atoms with van der Waals surface area (Å²) in [5.74, 6) is 0.588. The Bertz CT molecular complexity index is 895. The highest BCUT2D eigenvalue weighted by Crippen LogP contribution is 2.15. The Balaban J connectivity index is 1.63. The molecule has 0 bridgehead atoms. The molecule has 0 atom stereocenters. The summed E-state index contributed by atoms with van der Waals surface area (Å²) >= 11 is 0. The average molecular weight is 355 g/mol. The molecule has 0 fully saturated rings. The van der Waals surface area contributed by atoms with Crippen molar-refractivity contribution < 1.29 is 13.9 Å². The fourth-order valence-corrected chi connectivity index (χ4v) is 2.40. The molecule has 0 unspecified atom stereocenters. The molecule has 0 aliphatic heterocycles. The zero-order valence-corrected chi connectivity index (χ0v) is 14.5. The number of likely N-dealkylation sites (N-methyl/N-ethyl adjacent to an activating group) is 1. The molecule has 8 heteroatoms. The van der Waals surface area contributed by atoms with Gasteiger partial charge in [0.25, 0.3) is 0 Å². The van der Waals surface area contributed by atoms with Crippen LogP contribution in [0.25, 0.3) is 11.4 Å². The lowest BCUT2D eigenvalue weighted by Gasteiger charge is -2.17. The highest BCUT2D eigenvalue weighted by molar-refractivity contribution is 5.75. The summed E-state index contributed by atoms with van der Waals surface area (Å²) in [5.41, 5.74) is 1.59. The third-order valence-corrected chi connectivity index (χ3v) is 3.81. The number of hydrogen-bond acceptors (Lipinski definition) is 5. The van der Waals surface area contributed by atoms with Crippen LogP contribution in [-0.2, 0) is 17.9 Å². The van der Waals surface area contributed by atoms with E-state index in [0.29, 0.717) is 17.9 Å². The lowest BCUT2D eigenvalue weighted by molar-refractivity contribution is -0.131. The number of nitrogens with zero attached hydrogens (tertiary/aromatic N) is 5. The Hall–Kier alpha value is -3.29. The molecule has 1 aromatic heterocycles. The Labute approximate surface area is 150 Å². The quantitative estimate of drug-likeness (QED) is 0.677. The van der Waals surface area contributed by atoms with Crippen LogP contribution in [0.2, 0.25) is 0 Å². The predicted molar refractivity (Wildman–Crippen MR) is 92.7 cm³/mol. The fourth-order valence-electron chi connectivity index (χ4n) is 2.40. The molecule has 26 heavy (non-hydrogen) atoms. The van der Waals surface area contributed by atoms with E-state index in [4.69, 9.17) is 4.74 Å². The first-order valence-corrected chi connectivity index (χ1v) is 7.96. The molecule has 134 valence electrons. The SMILES string of the molecule is COc1cccc(CN(C)C(=O)Cn2nnc(-c3ccc(F)cc3)n2)c1. The minimum absolute atomic E-state index is 0.0331. The van der Waals surface area contributed by atoms with Gasteiger partial charge in [0.05, 0.1) is 7.11 Å². The maximum Gasteiger partial charge on any atom is 0.246 e. The Morgan fingerprint density at radius 1 is 1.23 bits per heavy atom. The molecule has 3 rings (SSSR count). The van der Waals surface area contributed by atoms with E-state index in [0.717, 1.165) is 11.3 Å².